The number of amides is 1. The number of rotatable bonds is 3. The minimum atomic E-state index is -0.773. The summed E-state index contributed by atoms with van der Waals surface area (Å²) in [5.41, 5.74) is 5.82. The summed E-state index contributed by atoms with van der Waals surface area (Å²) in [5, 5.41) is 8.96. The second-order valence-corrected chi connectivity index (χ2v) is 5.63. The first-order valence-electron chi connectivity index (χ1n) is 6.95. The molecule has 18 heavy (non-hydrogen) atoms. The highest BCUT2D eigenvalue weighted by molar-refractivity contribution is 5.65. The van der Waals surface area contributed by atoms with Gasteiger partial charge in [-0.3, -0.25) is 0 Å². The summed E-state index contributed by atoms with van der Waals surface area (Å²) in [6, 6.07) is 0. The van der Waals surface area contributed by atoms with Gasteiger partial charge in [0.05, 0.1) is 12.7 Å². The Labute approximate surface area is 108 Å². The average Bonchev–Trinajstić information content (AvgIpc) is 2.39. The molecule has 1 aliphatic carbocycles. The normalized spacial score (nSPS) is 24.4. The zero-order valence-electron chi connectivity index (χ0n) is 10.9. The molecule has 5 nitrogen and oxygen atoms in total. The Kier molecular flexibility index (Phi) is 4.45. The second kappa shape index (κ2) is 5.89. The molecule has 104 valence electrons. The van der Waals surface area contributed by atoms with Crippen LogP contribution in [0.25, 0.3) is 0 Å². The summed E-state index contributed by atoms with van der Waals surface area (Å²) in [6.45, 7) is 2.65. The van der Waals surface area contributed by atoms with Gasteiger partial charge < -0.3 is 20.5 Å². The Bertz CT molecular complexity index is 278. The fourth-order valence-electron chi connectivity index (χ4n) is 3.28. The van der Waals surface area contributed by atoms with E-state index in [0.29, 0.717) is 37.8 Å². The number of hydrogen-bond acceptors (Lipinski definition) is 3. The standard InChI is InChI=1S/C13H24N2O3/c14-7-10-18-11-1-3-13(4-2-11)5-8-15(9-6-13)12(16)17/h11H,1-10,14H2,(H,16,17). The van der Waals surface area contributed by atoms with Crippen molar-refractivity contribution in [3.05, 3.63) is 0 Å². The van der Waals surface area contributed by atoms with Gasteiger partial charge in [-0.25, -0.2) is 4.79 Å². The molecular formula is C13H24N2O3. The van der Waals surface area contributed by atoms with Crippen molar-refractivity contribution in [3.8, 4) is 0 Å². The van der Waals surface area contributed by atoms with Crippen molar-refractivity contribution in [2.75, 3.05) is 26.2 Å². The van der Waals surface area contributed by atoms with E-state index in [0.717, 1.165) is 25.7 Å². The minimum Gasteiger partial charge on any atom is -0.465 e. The number of nitrogens with two attached hydrogens (primary N) is 1. The summed E-state index contributed by atoms with van der Waals surface area (Å²) < 4.78 is 5.70. The lowest BCUT2D eigenvalue weighted by atomic mass is 9.67. The summed E-state index contributed by atoms with van der Waals surface area (Å²) in [6.07, 6.45) is 6.19. The van der Waals surface area contributed by atoms with E-state index < -0.39 is 6.09 Å². The molecule has 1 amide bonds. The molecule has 0 unspecified atom stereocenters. The molecule has 0 aromatic heterocycles. The van der Waals surface area contributed by atoms with Crippen LogP contribution in [0.15, 0.2) is 0 Å². The van der Waals surface area contributed by atoms with E-state index in [-0.39, 0.29) is 0 Å². The lowest BCUT2D eigenvalue weighted by molar-refractivity contribution is -0.0189. The van der Waals surface area contributed by atoms with E-state index in [1.165, 1.54) is 12.8 Å². The Morgan fingerprint density at radius 1 is 1.28 bits per heavy atom. The van der Waals surface area contributed by atoms with Crippen LogP contribution in [0.5, 0.6) is 0 Å². The zero-order valence-corrected chi connectivity index (χ0v) is 10.9. The smallest absolute Gasteiger partial charge is 0.407 e. The lowest BCUT2D eigenvalue weighted by Crippen LogP contribution is -2.44. The molecular weight excluding hydrogens is 232 g/mol. The van der Waals surface area contributed by atoms with E-state index in [2.05, 4.69) is 0 Å². The lowest BCUT2D eigenvalue weighted by Gasteiger charge is -2.45. The highest BCUT2D eigenvalue weighted by Gasteiger charge is 2.39. The van der Waals surface area contributed by atoms with Gasteiger partial charge in [-0.05, 0) is 43.9 Å². The van der Waals surface area contributed by atoms with Gasteiger partial charge >= 0.3 is 6.09 Å². The molecule has 2 fully saturated rings. The SMILES string of the molecule is NCCOC1CCC2(CC1)CCN(C(=O)O)CC2. The topological polar surface area (TPSA) is 75.8 Å². The van der Waals surface area contributed by atoms with Crippen molar-refractivity contribution in [3.63, 3.8) is 0 Å². The van der Waals surface area contributed by atoms with Crippen LogP contribution in [-0.4, -0.2) is 48.4 Å². The largest absolute Gasteiger partial charge is 0.465 e. The number of nitrogens with zero attached hydrogens (tertiary/aromatic N) is 1. The molecule has 1 heterocycles. The van der Waals surface area contributed by atoms with Crippen molar-refractivity contribution in [1.29, 1.82) is 0 Å². The predicted molar refractivity (Wildman–Crippen MR) is 68.5 cm³/mol. The van der Waals surface area contributed by atoms with Crippen molar-refractivity contribution < 1.29 is 14.6 Å². The Balaban J connectivity index is 1.77. The molecule has 5 heteroatoms. The van der Waals surface area contributed by atoms with Gasteiger partial charge in [0.2, 0.25) is 0 Å². The third-order valence-electron chi connectivity index (χ3n) is 4.56. The van der Waals surface area contributed by atoms with Crippen LogP contribution in [0.1, 0.15) is 38.5 Å². The number of hydrogen-bond donors (Lipinski definition) is 2. The van der Waals surface area contributed by atoms with E-state index in [1.54, 1.807) is 4.90 Å². The molecule has 0 atom stereocenters. The van der Waals surface area contributed by atoms with Gasteiger partial charge in [0.1, 0.15) is 0 Å². The molecule has 1 aliphatic heterocycles. The Morgan fingerprint density at radius 2 is 1.89 bits per heavy atom. The first-order valence-corrected chi connectivity index (χ1v) is 6.95. The molecule has 1 saturated heterocycles. The first kappa shape index (κ1) is 13.6. The highest BCUT2D eigenvalue weighted by atomic mass is 16.5. The Hall–Kier alpha value is -0.810. The van der Waals surface area contributed by atoms with Gasteiger partial charge in [-0.1, -0.05) is 0 Å². The molecule has 2 aliphatic rings. The molecule has 1 spiro atoms. The van der Waals surface area contributed by atoms with Gasteiger partial charge in [0.25, 0.3) is 0 Å². The summed E-state index contributed by atoms with van der Waals surface area (Å²) in [5.74, 6) is 0. The average molecular weight is 256 g/mol. The minimum absolute atomic E-state index is 0.372. The van der Waals surface area contributed by atoms with Gasteiger partial charge in [0, 0.05) is 19.6 Å². The van der Waals surface area contributed by atoms with E-state index in [9.17, 15) is 4.79 Å². The summed E-state index contributed by atoms with van der Waals surface area (Å²) in [4.78, 5) is 12.4. The highest BCUT2D eigenvalue weighted by Crippen LogP contribution is 2.45. The molecule has 0 bridgehead atoms. The van der Waals surface area contributed by atoms with E-state index in [1.807, 2.05) is 0 Å². The number of carbonyl (C=O) groups is 1. The molecule has 0 radical (unpaired) electrons. The van der Waals surface area contributed by atoms with Crippen LogP contribution in [0, 0.1) is 5.41 Å². The van der Waals surface area contributed by atoms with Crippen LogP contribution in [0.2, 0.25) is 0 Å². The van der Waals surface area contributed by atoms with Crippen LogP contribution in [-0.2, 0) is 4.74 Å². The van der Waals surface area contributed by atoms with Crippen molar-refractivity contribution in [1.82, 2.24) is 4.90 Å². The maximum atomic E-state index is 10.9. The fraction of sp³-hybridized carbons (Fsp3) is 0.923. The van der Waals surface area contributed by atoms with Gasteiger partial charge in [0.15, 0.2) is 0 Å². The fourth-order valence-corrected chi connectivity index (χ4v) is 3.28. The number of ether oxygens (including phenoxy) is 1. The molecule has 3 N–H and O–H groups in total. The predicted octanol–water partition coefficient (Wildman–Crippen LogP) is 1.66. The quantitative estimate of drug-likeness (QED) is 0.805. The van der Waals surface area contributed by atoms with E-state index >= 15 is 0 Å². The van der Waals surface area contributed by atoms with Crippen LogP contribution >= 0.6 is 0 Å². The molecule has 0 aromatic carbocycles. The second-order valence-electron chi connectivity index (χ2n) is 5.63. The van der Waals surface area contributed by atoms with Crippen LogP contribution < -0.4 is 5.73 Å². The van der Waals surface area contributed by atoms with E-state index in [4.69, 9.17) is 15.6 Å². The van der Waals surface area contributed by atoms with Crippen LogP contribution in [0.3, 0.4) is 0 Å². The molecule has 1 saturated carbocycles. The van der Waals surface area contributed by atoms with Crippen molar-refractivity contribution in [2.24, 2.45) is 11.1 Å². The van der Waals surface area contributed by atoms with Crippen LogP contribution in [0.4, 0.5) is 4.79 Å². The van der Waals surface area contributed by atoms with Gasteiger partial charge in [-0.2, -0.15) is 0 Å². The third kappa shape index (κ3) is 3.14. The summed E-state index contributed by atoms with van der Waals surface area (Å²) >= 11 is 0. The Morgan fingerprint density at radius 3 is 2.39 bits per heavy atom. The van der Waals surface area contributed by atoms with Crippen molar-refractivity contribution in [2.45, 2.75) is 44.6 Å². The molecule has 0 aromatic rings. The monoisotopic (exact) mass is 256 g/mol. The maximum Gasteiger partial charge on any atom is 0.407 e. The first-order chi connectivity index (χ1) is 8.65. The number of piperidine rings is 1. The number of carboxylic acid groups (broad SMARTS) is 1. The number of likely N-dealkylation sites (tertiary alicyclic amines) is 1. The van der Waals surface area contributed by atoms with Gasteiger partial charge in [-0.15, -0.1) is 0 Å². The maximum absolute atomic E-state index is 10.9. The molecule has 2 rings (SSSR count). The third-order valence-corrected chi connectivity index (χ3v) is 4.56. The zero-order chi connectivity index (χ0) is 13.0. The summed E-state index contributed by atoms with van der Waals surface area (Å²) in [7, 11) is 0. The van der Waals surface area contributed by atoms with Crippen molar-refractivity contribution >= 4 is 6.09 Å².